The van der Waals surface area contributed by atoms with Gasteiger partial charge in [0.15, 0.2) is 5.16 Å². The van der Waals surface area contributed by atoms with E-state index in [-0.39, 0.29) is 0 Å². The van der Waals surface area contributed by atoms with Crippen LogP contribution in [0.25, 0.3) is 0 Å². The Bertz CT molecular complexity index is 512. The Morgan fingerprint density at radius 3 is 2.88 bits per heavy atom. The Balaban J connectivity index is 2.07. The third-order valence-corrected chi connectivity index (χ3v) is 3.09. The molecule has 2 aromatic rings. The first-order valence-electron chi connectivity index (χ1n) is 4.98. The third-order valence-electron chi connectivity index (χ3n) is 2.02. The third kappa shape index (κ3) is 3.57. The van der Waals surface area contributed by atoms with Crippen molar-refractivity contribution in [3.8, 4) is 0 Å². The summed E-state index contributed by atoms with van der Waals surface area (Å²) in [6.07, 6.45) is 1.79. The Labute approximate surface area is 109 Å². The summed E-state index contributed by atoms with van der Waals surface area (Å²) in [5, 5.41) is 0.926. The molecule has 0 aromatic carbocycles. The normalized spacial score (nSPS) is 10.5. The zero-order valence-electron chi connectivity index (χ0n) is 9.22. The highest BCUT2D eigenvalue weighted by molar-refractivity contribution is 7.98. The summed E-state index contributed by atoms with van der Waals surface area (Å²) in [5.74, 6) is 1.08. The standard InChI is InChI=1S/C11H11ClN4S/c1-7-2-3-14-8(4-7)6-17-11-15-9(12)5-10(13)16-11/h2-5H,6H2,1H3,(H2,13,15,16). The fourth-order valence-corrected chi connectivity index (χ4v) is 2.30. The number of halogens is 1. The second-order valence-corrected chi connectivity index (χ2v) is 4.84. The van der Waals surface area contributed by atoms with Crippen molar-refractivity contribution < 1.29 is 0 Å². The molecule has 6 heteroatoms. The Kier molecular flexibility index (Phi) is 3.81. The predicted octanol–water partition coefficient (Wildman–Crippen LogP) is 2.71. The molecule has 2 aromatic heterocycles. The number of nitrogens with zero attached hydrogens (tertiary/aromatic N) is 3. The zero-order chi connectivity index (χ0) is 12.3. The van der Waals surface area contributed by atoms with E-state index >= 15 is 0 Å². The minimum Gasteiger partial charge on any atom is -0.384 e. The SMILES string of the molecule is Cc1ccnc(CSc2nc(N)cc(Cl)n2)c1. The minimum absolute atomic E-state index is 0.359. The zero-order valence-corrected chi connectivity index (χ0v) is 10.8. The molecule has 0 unspecified atom stereocenters. The van der Waals surface area contributed by atoms with Gasteiger partial charge in [-0.2, -0.15) is 0 Å². The van der Waals surface area contributed by atoms with Crippen molar-refractivity contribution in [2.24, 2.45) is 0 Å². The monoisotopic (exact) mass is 266 g/mol. The van der Waals surface area contributed by atoms with E-state index in [1.165, 1.54) is 23.4 Å². The summed E-state index contributed by atoms with van der Waals surface area (Å²) < 4.78 is 0. The van der Waals surface area contributed by atoms with E-state index in [1.807, 2.05) is 19.1 Å². The lowest BCUT2D eigenvalue weighted by Crippen LogP contribution is -1.95. The average molecular weight is 267 g/mol. The van der Waals surface area contributed by atoms with Crippen LogP contribution in [0, 0.1) is 6.92 Å². The van der Waals surface area contributed by atoms with Crippen LogP contribution in [0.5, 0.6) is 0 Å². The minimum atomic E-state index is 0.359. The van der Waals surface area contributed by atoms with Gasteiger partial charge in [0.05, 0.1) is 5.69 Å². The molecule has 0 aliphatic heterocycles. The van der Waals surface area contributed by atoms with Crippen LogP contribution in [-0.2, 0) is 5.75 Å². The van der Waals surface area contributed by atoms with Gasteiger partial charge >= 0.3 is 0 Å². The van der Waals surface area contributed by atoms with Crippen LogP contribution in [0.4, 0.5) is 5.82 Å². The second kappa shape index (κ2) is 5.33. The first-order valence-corrected chi connectivity index (χ1v) is 6.34. The molecule has 0 saturated carbocycles. The van der Waals surface area contributed by atoms with Gasteiger partial charge < -0.3 is 5.73 Å². The summed E-state index contributed by atoms with van der Waals surface area (Å²) in [5.41, 5.74) is 7.75. The van der Waals surface area contributed by atoms with Gasteiger partial charge in [-0.1, -0.05) is 23.4 Å². The van der Waals surface area contributed by atoms with Crippen molar-refractivity contribution >= 4 is 29.2 Å². The van der Waals surface area contributed by atoms with Crippen LogP contribution in [0.2, 0.25) is 5.15 Å². The van der Waals surface area contributed by atoms with E-state index in [0.29, 0.717) is 21.9 Å². The molecular weight excluding hydrogens is 256 g/mol. The maximum absolute atomic E-state index is 5.80. The molecule has 0 aliphatic carbocycles. The van der Waals surface area contributed by atoms with Gasteiger partial charge in [0, 0.05) is 18.0 Å². The van der Waals surface area contributed by atoms with Crippen molar-refractivity contribution in [1.29, 1.82) is 0 Å². The number of anilines is 1. The van der Waals surface area contributed by atoms with E-state index in [0.717, 1.165) is 5.69 Å². The largest absolute Gasteiger partial charge is 0.384 e. The van der Waals surface area contributed by atoms with Crippen LogP contribution in [0.15, 0.2) is 29.6 Å². The predicted molar refractivity (Wildman–Crippen MR) is 70.0 cm³/mol. The lowest BCUT2D eigenvalue weighted by molar-refractivity contribution is 0.973. The molecule has 2 N–H and O–H groups in total. The highest BCUT2D eigenvalue weighted by Crippen LogP contribution is 2.21. The van der Waals surface area contributed by atoms with Crippen molar-refractivity contribution in [3.05, 3.63) is 40.8 Å². The van der Waals surface area contributed by atoms with Gasteiger partial charge in [-0.15, -0.1) is 0 Å². The molecule has 0 amide bonds. The van der Waals surface area contributed by atoms with Crippen molar-refractivity contribution in [2.75, 3.05) is 5.73 Å². The number of thioether (sulfide) groups is 1. The van der Waals surface area contributed by atoms with Gasteiger partial charge in [0.2, 0.25) is 0 Å². The number of aryl methyl sites for hydroxylation is 1. The lowest BCUT2D eigenvalue weighted by atomic mass is 10.3. The molecule has 0 atom stereocenters. The molecule has 0 bridgehead atoms. The molecule has 2 heterocycles. The quantitative estimate of drug-likeness (QED) is 0.526. The number of hydrogen-bond acceptors (Lipinski definition) is 5. The van der Waals surface area contributed by atoms with Crippen molar-refractivity contribution in [1.82, 2.24) is 15.0 Å². The Morgan fingerprint density at radius 2 is 2.18 bits per heavy atom. The maximum atomic E-state index is 5.80. The molecule has 2 rings (SSSR count). The number of nitrogen functional groups attached to an aromatic ring is 1. The lowest BCUT2D eigenvalue weighted by Gasteiger charge is -2.02. The number of nitrogens with two attached hydrogens (primary N) is 1. The molecule has 0 saturated heterocycles. The summed E-state index contributed by atoms with van der Waals surface area (Å²) in [4.78, 5) is 12.4. The fourth-order valence-electron chi connectivity index (χ4n) is 1.29. The van der Waals surface area contributed by atoms with E-state index in [9.17, 15) is 0 Å². The van der Waals surface area contributed by atoms with E-state index in [4.69, 9.17) is 17.3 Å². The molecule has 17 heavy (non-hydrogen) atoms. The molecule has 4 nitrogen and oxygen atoms in total. The van der Waals surface area contributed by atoms with E-state index < -0.39 is 0 Å². The highest BCUT2D eigenvalue weighted by atomic mass is 35.5. The van der Waals surface area contributed by atoms with Crippen LogP contribution >= 0.6 is 23.4 Å². The van der Waals surface area contributed by atoms with Gasteiger partial charge in [-0.3, -0.25) is 4.98 Å². The van der Waals surface area contributed by atoms with Crippen molar-refractivity contribution in [2.45, 2.75) is 17.8 Å². The first-order chi connectivity index (χ1) is 8.13. The Hall–Kier alpha value is -1.33. The maximum Gasteiger partial charge on any atom is 0.191 e. The smallest absolute Gasteiger partial charge is 0.191 e. The number of hydrogen-bond donors (Lipinski definition) is 1. The van der Waals surface area contributed by atoms with Gasteiger partial charge in [0.1, 0.15) is 11.0 Å². The van der Waals surface area contributed by atoms with Gasteiger partial charge in [-0.25, -0.2) is 9.97 Å². The number of pyridine rings is 1. The number of rotatable bonds is 3. The highest BCUT2D eigenvalue weighted by Gasteiger charge is 2.03. The summed E-state index contributed by atoms with van der Waals surface area (Å²) >= 11 is 7.26. The number of aromatic nitrogens is 3. The van der Waals surface area contributed by atoms with Crippen molar-refractivity contribution in [3.63, 3.8) is 0 Å². The van der Waals surface area contributed by atoms with Crippen LogP contribution in [-0.4, -0.2) is 15.0 Å². The first kappa shape index (κ1) is 12.1. The molecular formula is C11H11ClN4S. The fraction of sp³-hybridized carbons (Fsp3) is 0.182. The van der Waals surface area contributed by atoms with Gasteiger partial charge in [0.25, 0.3) is 0 Å². The molecule has 0 fully saturated rings. The van der Waals surface area contributed by atoms with Gasteiger partial charge in [-0.05, 0) is 24.6 Å². The second-order valence-electron chi connectivity index (χ2n) is 3.51. The summed E-state index contributed by atoms with van der Waals surface area (Å²) in [7, 11) is 0. The molecule has 0 radical (unpaired) electrons. The average Bonchev–Trinajstić information content (AvgIpc) is 2.25. The van der Waals surface area contributed by atoms with Crippen LogP contribution in [0.3, 0.4) is 0 Å². The van der Waals surface area contributed by atoms with E-state index in [2.05, 4.69) is 15.0 Å². The summed E-state index contributed by atoms with van der Waals surface area (Å²) in [6.45, 7) is 2.03. The van der Waals surface area contributed by atoms with E-state index in [1.54, 1.807) is 6.20 Å². The Morgan fingerprint density at radius 1 is 1.35 bits per heavy atom. The van der Waals surface area contributed by atoms with Crippen LogP contribution in [0.1, 0.15) is 11.3 Å². The molecule has 88 valence electrons. The topological polar surface area (TPSA) is 64.7 Å². The van der Waals surface area contributed by atoms with Crippen LogP contribution < -0.4 is 5.73 Å². The molecule has 0 spiro atoms. The summed E-state index contributed by atoms with van der Waals surface area (Å²) in [6, 6.07) is 5.51. The molecule has 0 aliphatic rings.